The molecule has 0 aliphatic carbocycles. The molecule has 0 bridgehead atoms. The molecule has 0 aliphatic rings. The molecule has 0 unspecified atom stereocenters. The molecule has 0 aromatic heterocycles. The summed E-state index contributed by atoms with van der Waals surface area (Å²) in [5.74, 6) is 0. The van der Waals surface area contributed by atoms with E-state index in [0.29, 0.717) is 0 Å². The summed E-state index contributed by atoms with van der Waals surface area (Å²) in [5.41, 5.74) is 0.155. The van der Waals surface area contributed by atoms with Crippen LogP contribution in [0.1, 0.15) is 27.7 Å². The van der Waals surface area contributed by atoms with E-state index in [1.807, 2.05) is 14.0 Å². The normalized spacial score (nSPS) is 15.9. The fourth-order valence-electron chi connectivity index (χ4n) is 0.784. The topological polar surface area (TPSA) is 23.5 Å². The maximum Gasteiger partial charge on any atom is 0.0584 e. The molecule has 62 valence electrons. The Morgan fingerprint density at radius 1 is 1.40 bits per heavy atom. The van der Waals surface area contributed by atoms with Crippen LogP contribution in [0.2, 0.25) is 0 Å². The third kappa shape index (κ3) is 2.67. The van der Waals surface area contributed by atoms with E-state index in [4.69, 9.17) is 5.11 Å². The van der Waals surface area contributed by atoms with Crippen LogP contribution in [-0.2, 0) is 0 Å². The Bertz CT molecular complexity index is 95.9. The monoisotopic (exact) mass is 145 g/mol. The summed E-state index contributed by atoms with van der Waals surface area (Å²) in [5, 5.41) is 8.83. The fourth-order valence-corrected chi connectivity index (χ4v) is 0.784. The minimum Gasteiger partial charge on any atom is -0.395 e. The molecule has 0 aliphatic heterocycles. The lowest BCUT2D eigenvalue weighted by Crippen LogP contribution is -2.45. The maximum atomic E-state index is 8.83. The van der Waals surface area contributed by atoms with E-state index < -0.39 is 0 Å². The van der Waals surface area contributed by atoms with Crippen LogP contribution in [0.4, 0.5) is 0 Å². The number of aliphatic hydroxyl groups excluding tert-OH is 1. The van der Waals surface area contributed by atoms with Gasteiger partial charge in [0.05, 0.1) is 6.61 Å². The molecule has 0 rings (SSSR count). The van der Waals surface area contributed by atoms with Crippen molar-refractivity contribution in [2.75, 3.05) is 13.7 Å². The summed E-state index contributed by atoms with van der Waals surface area (Å²) in [6.45, 7) is 8.66. The molecule has 0 fully saturated rings. The van der Waals surface area contributed by atoms with Gasteiger partial charge in [-0.1, -0.05) is 0 Å². The van der Waals surface area contributed by atoms with Gasteiger partial charge in [-0.2, -0.15) is 0 Å². The molecule has 1 atom stereocenters. The standard InChI is InChI=1S/C8H19NO/c1-7(6-10)9(5)8(2,3)4/h7,10H,6H2,1-5H3/t7-/m0/s1. The summed E-state index contributed by atoms with van der Waals surface area (Å²) < 4.78 is 0. The Kier molecular flexibility index (Phi) is 3.33. The van der Waals surface area contributed by atoms with E-state index in [0.717, 1.165) is 0 Å². The van der Waals surface area contributed by atoms with Gasteiger partial charge in [0, 0.05) is 11.6 Å². The molecule has 0 saturated heterocycles. The molecule has 2 heteroatoms. The van der Waals surface area contributed by atoms with Crippen molar-refractivity contribution in [2.45, 2.75) is 39.3 Å². The summed E-state index contributed by atoms with van der Waals surface area (Å²) in [4.78, 5) is 2.16. The van der Waals surface area contributed by atoms with Gasteiger partial charge >= 0.3 is 0 Å². The molecule has 0 radical (unpaired) electrons. The number of hydrogen-bond donors (Lipinski definition) is 1. The van der Waals surface area contributed by atoms with Gasteiger partial charge in [-0.3, -0.25) is 4.90 Å². The van der Waals surface area contributed by atoms with Crippen LogP contribution >= 0.6 is 0 Å². The molecule has 0 aromatic rings. The van der Waals surface area contributed by atoms with Crippen LogP contribution in [0.25, 0.3) is 0 Å². The van der Waals surface area contributed by atoms with Crippen LogP contribution in [-0.4, -0.2) is 35.2 Å². The summed E-state index contributed by atoms with van der Waals surface area (Å²) in [6, 6.07) is 0.250. The Labute approximate surface area is 63.8 Å². The van der Waals surface area contributed by atoms with Gasteiger partial charge in [0.2, 0.25) is 0 Å². The number of likely N-dealkylation sites (N-methyl/N-ethyl adjacent to an activating group) is 1. The highest BCUT2D eigenvalue weighted by Crippen LogP contribution is 2.13. The van der Waals surface area contributed by atoms with Crippen molar-refractivity contribution in [3.8, 4) is 0 Å². The second-order valence-corrected chi connectivity index (χ2v) is 3.81. The van der Waals surface area contributed by atoms with Crippen LogP contribution in [0, 0.1) is 0 Å². The molecule has 10 heavy (non-hydrogen) atoms. The van der Waals surface area contributed by atoms with Crippen molar-refractivity contribution in [2.24, 2.45) is 0 Å². The Hall–Kier alpha value is -0.0800. The fraction of sp³-hybridized carbons (Fsp3) is 1.00. The Balaban J connectivity index is 3.94. The third-order valence-corrected chi connectivity index (χ3v) is 1.98. The van der Waals surface area contributed by atoms with E-state index >= 15 is 0 Å². The SMILES string of the molecule is C[C@@H](CO)N(C)C(C)(C)C. The number of nitrogens with zero attached hydrogens (tertiary/aromatic N) is 1. The van der Waals surface area contributed by atoms with Crippen molar-refractivity contribution in [3.05, 3.63) is 0 Å². The van der Waals surface area contributed by atoms with Crippen molar-refractivity contribution in [1.82, 2.24) is 4.90 Å². The average Bonchev–Trinajstić information content (AvgIpc) is 1.83. The van der Waals surface area contributed by atoms with Gasteiger partial charge in [-0.05, 0) is 34.7 Å². The molecule has 0 aromatic carbocycles. The quantitative estimate of drug-likeness (QED) is 0.629. The lowest BCUT2D eigenvalue weighted by atomic mass is 10.1. The van der Waals surface area contributed by atoms with E-state index in [2.05, 4.69) is 25.7 Å². The smallest absolute Gasteiger partial charge is 0.0584 e. The molecule has 1 N–H and O–H groups in total. The average molecular weight is 145 g/mol. The second-order valence-electron chi connectivity index (χ2n) is 3.81. The first-order valence-corrected chi connectivity index (χ1v) is 3.73. The largest absolute Gasteiger partial charge is 0.395 e. The zero-order chi connectivity index (χ0) is 8.36. The third-order valence-electron chi connectivity index (χ3n) is 1.98. The van der Waals surface area contributed by atoms with E-state index in [1.54, 1.807) is 0 Å². The van der Waals surface area contributed by atoms with Crippen LogP contribution < -0.4 is 0 Å². The number of hydrogen-bond acceptors (Lipinski definition) is 2. The number of rotatable bonds is 2. The van der Waals surface area contributed by atoms with E-state index in [1.165, 1.54) is 0 Å². The lowest BCUT2D eigenvalue weighted by molar-refractivity contribution is 0.0823. The van der Waals surface area contributed by atoms with Crippen molar-refractivity contribution >= 4 is 0 Å². The lowest BCUT2D eigenvalue weighted by Gasteiger charge is -2.36. The van der Waals surface area contributed by atoms with Crippen molar-refractivity contribution < 1.29 is 5.11 Å². The first-order valence-electron chi connectivity index (χ1n) is 3.73. The van der Waals surface area contributed by atoms with Crippen molar-refractivity contribution in [1.29, 1.82) is 0 Å². The van der Waals surface area contributed by atoms with Gasteiger partial charge in [-0.15, -0.1) is 0 Å². The molecular formula is C8H19NO. The molecule has 0 spiro atoms. The predicted octanol–water partition coefficient (Wildman–Crippen LogP) is 1.10. The highest BCUT2D eigenvalue weighted by Gasteiger charge is 2.20. The molecule has 0 heterocycles. The highest BCUT2D eigenvalue weighted by atomic mass is 16.3. The first kappa shape index (κ1) is 9.92. The van der Waals surface area contributed by atoms with Crippen molar-refractivity contribution in [3.63, 3.8) is 0 Å². The van der Waals surface area contributed by atoms with Gasteiger partial charge in [-0.25, -0.2) is 0 Å². The summed E-state index contributed by atoms with van der Waals surface area (Å²) in [7, 11) is 2.03. The number of aliphatic hydroxyl groups is 1. The van der Waals surface area contributed by atoms with E-state index in [-0.39, 0.29) is 18.2 Å². The van der Waals surface area contributed by atoms with Gasteiger partial charge in [0.1, 0.15) is 0 Å². The van der Waals surface area contributed by atoms with Gasteiger partial charge in [0.15, 0.2) is 0 Å². The molecular weight excluding hydrogens is 126 g/mol. The predicted molar refractivity (Wildman–Crippen MR) is 44.1 cm³/mol. The zero-order valence-corrected chi connectivity index (χ0v) is 7.68. The molecule has 2 nitrogen and oxygen atoms in total. The first-order chi connectivity index (χ1) is 4.39. The van der Waals surface area contributed by atoms with Crippen LogP contribution in [0.15, 0.2) is 0 Å². The summed E-state index contributed by atoms with van der Waals surface area (Å²) in [6.07, 6.45) is 0. The second kappa shape index (κ2) is 3.35. The highest BCUT2D eigenvalue weighted by molar-refractivity contribution is 4.76. The van der Waals surface area contributed by atoms with Crippen LogP contribution in [0.3, 0.4) is 0 Å². The van der Waals surface area contributed by atoms with Crippen LogP contribution in [0.5, 0.6) is 0 Å². The maximum absolute atomic E-state index is 8.83. The Morgan fingerprint density at radius 2 is 1.80 bits per heavy atom. The minimum atomic E-state index is 0.155. The summed E-state index contributed by atoms with van der Waals surface area (Å²) >= 11 is 0. The van der Waals surface area contributed by atoms with Gasteiger partial charge in [0.25, 0.3) is 0 Å². The minimum absolute atomic E-state index is 0.155. The Morgan fingerprint density at radius 3 is 1.90 bits per heavy atom. The zero-order valence-electron chi connectivity index (χ0n) is 7.68. The molecule has 0 saturated carbocycles. The van der Waals surface area contributed by atoms with Gasteiger partial charge < -0.3 is 5.11 Å². The molecule has 0 amide bonds. The van der Waals surface area contributed by atoms with E-state index in [9.17, 15) is 0 Å².